The minimum Gasteiger partial charge on any atom is -0.475 e. The summed E-state index contributed by atoms with van der Waals surface area (Å²) in [5.74, 6) is -1.33. The fourth-order valence-corrected chi connectivity index (χ4v) is 6.23. The first-order valence-corrected chi connectivity index (χ1v) is 15.9. The normalized spacial score (nSPS) is 17.0. The number of likely N-dealkylation sites (tertiary alicyclic amines) is 2. The van der Waals surface area contributed by atoms with Gasteiger partial charge in [-0.2, -0.15) is 26.3 Å². The number of hydrogen-bond acceptors (Lipinski definition) is 4. The van der Waals surface area contributed by atoms with Gasteiger partial charge in [-0.1, -0.05) is 48.9 Å². The lowest BCUT2D eigenvalue weighted by Crippen LogP contribution is -2.36. The fourth-order valence-electron chi connectivity index (χ4n) is 6.23. The van der Waals surface area contributed by atoms with Gasteiger partial charge in [0, 0.05) is 12.1 Å². The van der Waals surface area contributed by atoms with Crippen molar-refractivity contribution in [2.45, 2.75) is 57.4 Å². The van der Waals surface area contributed by atoms with Crippen molar-refractivity contribution in [1.82, 2.24) is 19.8 Å². The van der Waals surface area contributed by atoms with Gasteiger partial charge in [-0.3, -0.25) is 4.90 Å². The van der Waals surface area contributed by atoms with Gasteiger partial charge < -0.3 is 15.0 Å². The zero-order valence-electron chi connectivity index (χ0n) is 25.9. The second-order valence-electron chi connectivity index (χ2n) is 12.3. The minimum atomic E-state index is -5.08. The van der Waals surface area contributed by atoms with Crippen LogP contribution in [0.15, 0.2) is 66.7 Å². The van der Waals surface area contributed by atoms with Crippen LogP contribution in [0.5, 0.6) is 0 Å². The second-order valence-corrected chi connectivity index (χ2v) is 12.3. The summed E-state index contributed by atoms with van der Waals surface area (Å²) in [4.78, 5) is 21.7. The Labute approximate surface area is 269 Å². The van der Waals surface area contributed by atoms with Crippen molar-refractivity contribution in [3.63, 3.8) is 0 Å². The average Bonchev–Trinajstić information content (AvgIpc) is 3.48. The average molecular weight is 661 g/mol. The van der Waals surface area contributed by atoms with E-state index in [1.807, 2.05) is 12.1 Å². The lowest BCUT2D eigenvalue weighted by Gasteiger charge is -2.34. The van der Waals surface area contributed by atoms with Crippen molar-refractivity contribution >= 4 is 17.0 Å². The highest BCUT2D eigenvalue weighted by Gasteiger charge is 2.38. The molecule has 3 heterocycles. The first kappa shape index (κ1) is 34.4. The third-order valence-electron chi connectivity index (χ3n) is 8.89. The quantitative estimate of drug-likeness (QED) is 0.194. The molecular formula is C35H38F6N4O2. The lowest BCUT2D eigenvalue weighted by molar-refractivity contribution is -0.192. The molecule has 4 aromatic rings. The first-order chi connectivity index (χ1) is 22.3. The molecule has 0 spiro atoms. The molecule has 1 aromatic heterocycles. The number of nitrogens with zero attached hydrogens (tertiary/aromatic N) is 3. The Morgan fingerprint density at radius 2 is 1.47 bits per heavy atom. The third-order valence-corrected chi connectivity index (χ3v) is 8.89. The number of hydrogen-bond donors (Lipinski definition) is 2. The van der Waals surface area contributed by atoms with Crippen LogP contribution in [-0.4, -0.2) is 69.7 Å². The molecule has 0 aliphatic carbocycles. The highest BCUT2D eigenvalue weighted by molar-refractivity contribution is 5.80. The largest absolute Gasteiger partial charge is 0.490 e. The van der Waals surface area contributed by atoms with Crippen LogP contribution in [0.1, 0.15) is 49.7 Å². The third kappa shape index (κ3) is 9.57. The van der Waals surface area contributed by atoms with Crippen LogP contribution in [0.3, 0.4) is 0 Å². The highest BCUT2D eigenvalue weighted by Crippen LogP contribution is 2.32. The molecule has 0 atom stereocenters. The molecule has 0 unspecified atom stereocenters. The van der Waals surface area contributed by atoms with E-state index in [9.17, 15) is 26.3 Å². The van der Waals surface area contributed by atoms with E-state index in [2.05, 4.69) is 56.2 Å². The van der Waals surface area contributed by atoms with E-state index in [-0.39, 0.29) is 0 Å². The molecule has 0 saturated carbocycles. The summed E-state index contributed by atoms with van der Waals surface area (Å²) in [5, 5.41) is 7.12. The second kappa shape index (κ2) is 14.9. The number of carboxylic acids is 1. The van der Waals surface area contributed by atoms with Crippen molar-refractivity contribution in [2.24, 2.45) is 5.92 Å². The molecule has 12 heteroatoms. The number of piperidine rings is 2. The van der Waals surface area contributed by atoms with Gasteiger partial charge in [0.25, 0.3) is 0 Å². The molecule has 0 amide bonds. The number of benzene rings is 3. The molecule has 252 valence electrons. The molecule has 2 aliphatic rings. The summed E-state index contributed by atoms with van der Waals surface area (Å²) in [7, 11) is 0. The van der Waals surface area contributed by atoms with Crippen LogP contribution in [0.4, 0.5) is 26.3 Å². The van der Waals surface area contributed by atoms with Crippen molar-refractivity contribution < 1.29 is 36.2 Å². The maximum Gasteiger partial charge on any atom is 0.490 e. The monoisotopic (exact) mass is 660 g/mol. The number of aromatic nitrogens is 2. The van der Waals surface area contributed by atoms with Gasteiger partial charge in [0.2, 0.25) is 0 Å². The summed E-state index contributed by atoms with van der Waals surface area (Å²) in [6.45, 7) is 7.19. The zero-order valence-corrected chi connectivity index (χ0v) is 25.9. The molecule has 2 N–H and O–H groups in total. The van der Waals surface area contributed by atoms with E-state index in [4.69, 9.17) is 9.90 Å². The maximum atomic E-state index is 13.1. The number of H-pyrrole nitrogens is 1. The van der Waals surface area contributed by atoms with Gasteiger partial charge in [-0.05, 0) is 112 Å². The van der Waals surface area contributed by atoms with Gasteiger partial charge >= 0.3 is 18.3 Å². The Bertz CT molecular complexity index is 1620. The molecule has 2 fully saturated rings. The standard InChI is InChI=1S/C33H37F3N4.C2HF3O2/c34-33(35,36)29-11-12-30-31(22-29)38-32(37-30)27-9-7-26(8-10-27)28-6-4-5-25(21-28)23-40-19-14-24(15-20-40)13-18-39-16-2-1-3-17-39;3-2(4,5)1(6)7/h4-12,21-22,24H,1-3,13-20,23H2,(H,37,38);(H,6,7). The molecule has 6 nitrogen and oxygen atoms in total. The number of carboxylic acid groups (broad SMARTS) is 1. The number of aromatic amines is 1. The number of rotatable bonds is 7. The van der Waals surface area contributed by atoms with Crippen LogP contribution >= 0.6 is 0 Å². The first-order valence-electron chi connectivity index (χ1n) is 15.9. The number of nitrogens with one attached hydrogen (secondary N) is 1. The fraction of sp³-hybridized carbons (Fsp3) is 0.429. The summed E-state index contributed by atoms with van der Waals surface area (Å²) in [6, 6.07) is 20.4. The van der Waals surface area contributed by atoms with Gasteiger partial charge in [0.1, 0.15) is 5.82 Å². The number of carbonyl (C=O) groups is 1. The Kier molecular flexibility index (Phi) is 10.9. The summed E-state index contributed by atoms with van der Waals surface area (Å²) in [6.07, 6.45) is -1.36. The van der Waals surface area contributed by atoms with Crippen molar-refractivity contribution in [3.8, 4) is 22.5 Å². The number of fused-ring (bicyclic) bond motifs is 1. The number of halogens is 6. The van der Waals surface area contributed by atoms with Gasteiger partial charge in [0.05, 0.1) is 16.6 Å². The summed E-state index contributed by atoms with van der Waals surface area (Å²) < 4.78 is 71.0. The summed E-state index contributed by atoms with van der Waals surface area (Å²) in [5.41, 5.74) is 4.66. The number of aliphatic carboxylic acids is 1. The van der Waals surface area contributed by atoms with Crippen LogP contribution in [0.2, 0.25) is 0 Å². The smallest absolute Gasteiger partial charge is 0.475 e. The molecule has 0 bridgehead atoms. The minimum absolute atomic E-state index is 0.382. The van der Waals surface area contributed by atoms with E-state index in [0.29, 0.717) is 16.9 Å². The molecule has 6 rings (SSSR count). The molecule has 2 saturated heterocycles. The van der Waals surface area contributed by atoms with Crippen LogP contribution < -0.4 is 0 Å². The Hall–Kier alpha value is -3.90. The zero-order chi connectivity index (χ0) is 33.6. The topological polar surface area (TPSA) is 72.5 Å². The van der Waals surface area contributed by atoms with E-state index in [1.165, 1.54) is 88.4 Å². The molecular weight excluding hydrogens is 622 g/mol. The van der Waals surface area contributed by atoms with Gasteiger partial charge in [0.15, 0.2) is 0 Å². The van der Waals surface area contributed by atoms with Crippen molar-refractivity contribution in [3.05, 3.63) is 77.9 Å². The van der Waals surface area contributed by atoms with Gasteiger partial charge in [-0.25, -0.2) is 9.78 Å². The van der Waals surface area contributed by atoms with Crippen LogP contribution in [-0.2, 0) is 17.5 Å². The van der Waals surface area contributed by atoms with E-state index < -0.39 is 23.9 Å². The van der Waals surface area contributed by atoms with Crippen LogP contribution in [0, 0.1) is 5.92 Å². The number of alkyl halides is 6. The van der Waals surface area contributed by atoms with E-state index in [1.54, 1.807) is 0 Å². The SMILES string of the molecule is FC(F)(F)c1ccc2nc(-c3ccc(-c4cccc(CN5CCC(CCN6CCCCC6)CC5)c4)cc3)[nH]c2c1.O=C(O)C(F)(F)F. The highest BCUT2D eigenvalue weighted by atomic mass is 19.4. The maximum absolute atomic E-state index is 13.1. The molecule has 3 aromatic carbocycles. The summed E-state index contributed by atoms with van der Waals surface area (Å²) >= 11 is 0. The number of imidazole rings is 1. The lowest BCUT2D eigenvalue weighted by atomic mass is 9.92. The van der Waals surface area contributed by atoms with E-state index in [0.717, 1.165) is 35.7 Å². The predicted octanol–water partition coefficient (Wildman–Crippen LogP) is 8.64. The van der Waals surface area contributed by atoms with Crippen molar-refractivity contribution in [1.29, 1.82) is 0 Å². The Morgan fingerprint density at radius 3 is 2.11 bits per heavy atom. The predicted molar refractivity (Wildman–Crippen MR) is 169 cm³/mol. The Balaban J connectivity index is 0.000000559. The van der Waals surface area contributed by atoms with Gasteiger partial charge in [-0.15, -0.1) is 0 Å². The van der Waals surface area contributed by atoms with Crippen molar-refractivity contribution in [2.75, 3.05) is 32.7 Å². The molecule has 47 heavy (non-hydrogen) atoms. The molecule has 2 aliphatic heterocycles. The molecule has 0 radical (unpaired) electrons. The Morgan fingerprint density at radius 1 is 0.809 bits per heavy atom. The van der Waals surface area contributed by atoms with Crippen LogP contribution in [0.25, 0.3) is 33.5 Å². The van der Waals surface area contributed by atoms with E-state index >= 15 is 0 Å².